The van der Waals surface area contributed by atoms with Gasteiger partial charge in [0.15, 0.2) is 0 Å². The Morgan fingerprint density at radius 2 is 1.45 bits per heavy atom. The van der Waals surface area contributed by atoms with Crippen LogP contribution in [0.5, 0.6) is 11.5 Å². The first-order chi connectivity index (χ1) is 17.7. The summed E-state index contributed by atoms with van der Waals surface area (Å²) in [6.07, 6.45) is -0.407. The summed E-state index contributed by atoms with van der Waals surface area (Å²) in [5.41, 5.74) is 2.95. The highest BCUT2D eigenvalue weighted by atomic mass is 16.5. The molecular weight excluding hydrogens is 490 g/mol. The predicted molar refractivity (Wildman–Crippen MR) is 146 cm³/mol. The number of aliphatic hydroxyl groups excluding tert-OH is 4. The van der Waals surface area contributed by atoms with Gasteiger partial charge in [0.1, 0.15) is 17.1 Å². The molecule has 0 radical (unpaired) electrons. The molecule has 7 N–H and O–H groups in total. The fourth-order valence-corrected chi connectivity index (χ4v) is 4.12. The van der Waals surface area contributed by atoms with Crippen molar-refractivity contribution in [2.24, 2.45) is 5.92 Å². The lowest BCUT2D eigenvalue weighted by Crippen LogP contribution is -2.60. The van der Waals surface area contributed by atoms with Crippen LogP contribution in [0.15, 0.2) is 36.4 Å². The number of aryl methyl sites for hydroxylation is 2. The lowest BCUT2D eigenvalue weighted by Gasteiger charge is -2.46. The minimum Gasteiger partial charge on any atom is -0.508 e. The van der Waals surface area contributed by atoms with Crippen molar-refractivity contribution in [1.82, 2.24) is 5.32 Å². The summed E-state index contributed by atoms with van der Waals surface area (Å²) in [5, 5.41) is 58.2. The van der Waals surface area contributed by atoms with E-state index in [4.69, 9.17) is 20.1 Å². The number of ether oxygens (including phenoxy) is 1. The Labute approximate surface area is 225 Å². The topological polar surface area (TPSA) is 160 Å². The minimum atomic E-state index is -0.946. The van der Waals surface area contributed by atoms with Crippen LogP contribution in [0.2, 0.25) is 0 Å². The van der Waals surface area contributed by atoms with Crippen molar-refractivity contribution in [3.8, 4) is 11.5 Å². The van der Waals surface area contributed by atoms with E-state index in [1.165, 1.54) is 6.92 Å². The van der Waals surface area contributed by atoms with Crippen molar-refractivity contribution in [3.63, 3.8) is 0 Å². The Bertz CT molecular complexity index is 1010. The lowest BCUT2D eigenvalue weighted by atomic mass is 9.81. The predicted octanol–water partition coefficient (Wildman–Crippen LogP) is 2.13. The number of benzene rings is 2. The molecule has 1 fully saturated rings. The summed E-state index contributed by atoms with van der Waals surface area (Å²) in [6, 6.07) is 10.8. The zero-order chi connectivity index (χ0) is 29.0. The van der Waals surface area contributed by atoms with E-state index in [-0.39, 0.29) is 31.1 Å². The Balaban J connectivity index is 0.000000287. The molecule has 0 aliphatic carbocycles. The molecule has 2 aromatic carbocycles. The summed E-state index contributed by atoms with van der Waals surface area (Å²) in [7, 11) is 0. The Kier molecular flexibility index (Phi) is 13.7. The maximum absolute atomic E-state index is 10.6. The van der Waals surface area contributed by atoms with Crippen molar-refractivity contribution in [3.05, 3.63) is 58.7 Å². The highest BCUT2D eigenvalue weighted by Crippen LogP contribution is 2.32. The number of hydrogen-bond donors (Lipinski definition) is 7. The van der Waals surface area contributed by atoms with E-state index in [0.717, 1.165) is 28.7 Å². The van der Waals surface area contributed by atoms with Crippen LogP contribution in [0.25, 0.3) is 0 Å². The second-order valence-electron chi connectivity index (χ2n) is 10.0. The van der Waals surface area contributed by atoms with E-state index in [1.54, 1.807) is 32.9 Å². The van der Waals surface area contributed by atoms with Crippen LogP contribution in [-0.4, -0.2) is 80.2 Å². The third-order valence-electron chi connectivity index (χ3n) is 6.62. The van der Waals surface area contributed by atoms with Gasteiger partial charge >= 0.3 is 0 Å². The monoisotopic (exact) mass is 535 g/mol. The van der Waals surface area contributed by atoms with E-state index >= 15 is 0 Å². The largest absolute Gasteiger partial charge is 0.508 e. The fraction of sp³-hybridized carbons (Fsp3) is 0.552. The molecule has 2 aromatic rings. The van der Waals surface area contributed by atoms with Crippen LogP contribution in [0.4, 0.5) is 0 Å². The first kappa shape index (κ1) is 33.3. The van der Waals surface area contributed by atoms with E-state index in [1.807, 2.05) is 38.1 Å². The summed E-state index contributed by atoms with van der Waals surface area (Å²) in [4.78, 5) is 10.6. The van der Waals surface area contributed by atoms with Crippen molar-refractivity contribution in [2.75, 3.05) is 19.8 Å². The SMILES string of the molecule is CC(=O)NCCc1ccc(O)c(C)c1.CC1OC(C)(CO)C(O)C(C)C1O.Cc1cc(CCO)ccc1O. The lowest BCUT2D eigenvalue weighted by molar-refractivity contribution is -0.248. The number of phenolic OH excluding ortho intramolecular Hbond substituents is 2. The second kappa shape index (κ2) is 15.7. The first-order valence-electron chi connectivity index (χ1n) is 12.8. The van der Waals surface area contributed by atoms with Gasteiger partial charge in [-0.25, -0.2) is 0 Å². The zero-order valence-corrected chi connectivity index (χ0v) is 23.3. The third kappa shape index (κ3) is 10.2. The highest BCUT2D eigenvalue weighted by Gasteiger charge is 2.47. The molecule has 1 aliphatic heterocycles. The third-order valence-corrected chi connectivity index (χ3v) is 6.62. The van der Waals surface area contributed by atoms with Gasteiger partial charge in [0.2, 0.25) is 5.91 Å². The number of phenols is 2. The molecule has 0 saturated carbocycles. The molecule has 0 spiro atoms. The van der Waals surface area contributed by atoms with Gasteiger partial charge in [0.25, 0.3) is 0 Å². The number of carbonyl (C=O) groups is 1. The summed E-state index contributed by atoms with van der Waals surface area (Å²) in [5.74, 6) is 0.335. The highest BCUT2D eigenvalue weighted by molar-refractivity contribution is 5.72. The fourth-order valence-electron chi connectivity index (χ4n) is 4.12. The molecule has 5 unspecified atom stereocenters. The van der Waals surface area contributed by atoms with E-state index in [2.05, 4.69) is 5.32 Å². The van der Waals surface area contributed by atoms with Gasteiger partial charge in [-0.05, 0) is 74.9 Å². The second-order valence-corrected chi connectivity index (χ2v) is 10.0. The van der Waals surface area contributed by atoms with E-state index in [9.17, 15) is 20.1 Å². The van der Waals surface area contributed by atoms with Crippen LogP contribution in [0.1, 0.15) is 49.9 Å². The van der Waals surface area contributed by atoms with Crippen molar-refractivity contribution >= 4 is 5.91 Å². The molecule has 1 heterocycles. The van der Waals surface area contributed by atoms with Gasteiger partial charge in [-0.2, -0.15) is 0 Å². The Morgan fingerprint density at radius 3 is 1.87 bits per heavy atom. The number of amides is 1. The van der Waals surface area contributed by atoms with Gasteiger partial charge in [0, 0.05) is 26.0 Å². The maximum Gasteiger partial charge on any atom is 0.216 e. The van der Waals surface area contributed by atoms with Gasteiger partial charge in [-0.3, -0.25) is 4.79 Å². The Hall–Kier alpha value is -2.69. The summed E-state index contributed by atoms with van der Waals surface area (Å²) < 4.78 is 5.37. The normalized spacial score (nSPS) is 24.4. The first-order valence-corrected chi connectivity index (χ1v) is 12.8. The molecule has 1 amide bonds. The number of hydrogen-bond acceptors (Lipinski definition) is 8. The molecule has 0 aromatic heterocycles. The van der Waals surface area contributed by atoms with Gasteiger partial charge < -0.3 is 40.7 Å². The smallest absolute Gasteiger partial charge is 0.216 e. The number of carbonyl (C=O) groups excluding carboxylic acids is 1. The molecule has 1 aliphatic rings. The van der Waals surface area contributed by atoms with Crippen LogP contribution < -0.4 is 5.32 Å². The number of aliphatic hydroxyl groups is 4. The molecule has 0 bridgehead atoms. The maximum atomic E-state index is 10.6. The van der Waals surface area contributed by atoms with Crippen LogP contribution >= 0.6 is 0 Å². The van der Waals surface area contributed by atoms with Gasteiger partial charge in [-0.1, -0.05) is 31.2 Å². The number of rotatable bonds is 6. The van der Waals surface area contributed by atoms with E-state index in [0.29, 0.717) is 24.5 Å². The van der Waals surface area contributed by atoms with Crippen LogP contribution in [-0.2, 0) is 22.4 Å². The molecule has 9 nitrogen and oxygen atoms in total. The van der Waals surface area contributed by atoms with Crippen LogP contribution in [0.3, 0.4) is 0 Å². The quantitative estimate of drug-likeness (QED) is 0.296. The van der Waals surface area contributed by atoms with Crippen molar-refractivity contribution in [1.29, 1.82) is 0 Å². The minimum absolute atomic E-state index is 0.0134. The number of nitrogens with one attached hydrogen (secondary N) is 1. The average Bonchev–Trinajstić information content (AvgIpc) is 2.87. The molecule has 214 valence electrons. The molecule has 3 rings (SSSR count). The average molecular weight is 536 g/mol. The van der Waals surface area contributed by atoms with Crippen LogP contribution in [0, 0.1) is 19.8 Å². The standard InChI is InChI=1S/C11H15NO2.C9H18O4.C9H12O2/c1-8-7-10(3-4-11(8)14)5-6-12-9(2)13;1-5-7(11)6(2)13-9(3,4-10)8(5)12;1-7-6-8(4-5-10)2-3-9(7)11/h3-4,7,14H,5-6H2,1-2H3,(H,12,13);5-8,10-12H,4H2,1-3H3;2-3,6,10-11H,4-5H2,1H3. The zero-order valence-electron chi connectivity index (χ0n) is 23.3. The summed E-state index contributed by atoms with van der Waals surface area (Å²) in [6.45, 7) is 10.9. The van der Waals surface area contributed by atoms with Gasteiger partial charge in [-0.15, -0.1) is 0 Å². The molecule has 5 atom stereocenters. The Morgan fingerprint density at radius 1 is 0.947 bits per heavy atom. The van der Waals surface area contributed by atoms with Crippen molar-refractivity contribution < 1.29 is 40.2 Å². The molecule has 1 saturated heterocycles. The van der Waals surface area contributed by atoms with Crippen molar-refractivity contribution in [2.45, 2.75) is 78.3 Å². The molecule has 38 heavy (non-hydrogen) atoms. The summed E-state index contributed by atoms with van der Waals surface area (Å²) >= 11 is 0. The molecule has 9 heteroatoms. The van der Waals surface area contributed by atoms with Gasteiger partial charge in [0.05, 0.1) is 24.9 Å². The van der Waals surface area contributed by atoms with E-state index < -0.39 is 17.8 Å². The number of aromatic hydroxyl groups is 2. The molecular formula is C29H45NO8.